The smallest absolute Gasteiger partial charge is 0.110 e. The minimum Gasteiger partial charge on any atom is -0.342 e. The second-order valence-electron chi connectivity index (χ2n) is 6.35. The average molecular weight is 271 g/mol. The Morgan fingerprint density at radius 3 is 2.35 bits per heavy atom. The second kappa shape index (κ2) is 5.80. The van der Waals surface area contributed by atoms with Crippen molar-refractivity contribution < 1.29 is 0 Å². The Hall–Kier alpha value is -1.61. The number of aromatic amines is 1. The van der Waals surface area contributed by atoms with Crippen molar-refractivity contribution in [1.29, 1.82) is 0 Å². The van der Waals surface area contributed by atoms with Gasteiger partial charge in [0.15, 0.2) is 0 Å². The summed E-state index contributed by atoms with van der Waals surface area (Å²) in [5.74, 6) is 1.31. The van der Waals surface area contributed by atoms with Crippen LogP contribution in [0.25, 0.3) is 11.3 Å². The zero-order chi connectivity index (χ0) is 14.8. The first kappa shape index (κ1) is 14.8. The molecule has 1 unspecified atom stereocenters. The Morgan fingerprint density at radius 2 is 1.85 bits per heavy atom. The van der Waals surface area contributed by atoms with Gasteiger partial charge in [0, 0.05) is 12.5 Å². The van der Waals surface area contributed by atoms with Crippen LogP contribution in [0.5, 0.6) is 0 Å². The zero-order valence-electron chi connectivity index (χ0n) is 12.9. The molecule has 3 heteroatoms. The number of hydrogen-bond donors (Lipinski definition) is 2. The number of rotatable bonds is 4. The van der Waals surface area contributed by atoms with Crippen LogP contribution in [0.15, 0.2) is 30.5 Å². The molecule has 3 nitrogen and oxygen atoms in total. The average Bonchev–Trinajstić information content (AvgIpc) is 2.89. The second-order valence-corrected chi connectivity index (χ2v) is 6.35. The zero-order valence-corrected chi connectivity index (χ0v) is 12.9. The lowest BCUT2D eigenvalue weighted by Crippen LogP contribution is -2.12. The molecule has 0 aliphatic rings. The third kappa shape index (κ3) is 3.10. The Bertz CT molecular complexity index is 542. The van der Waals surface area contributed by atoms with Crippen molar-refractivity contribution in [3.05, 3.63) is 41.9 Å². The molecule has 0 amide bonds. The molecule has 0 saturated heterocycles. The number of benzene rings is 1. The maximum Gasteiger partial charge on any atom is 0.110 e. The van der Waals surface area contributed by atoms with Gasteiger partial charge in [0.1, 0.15) is 5.82 Å². The summed E-state index contributed by atoms with van der Waals surface area (Å²) in [6.45, 7) is 9.44. The fraction of sp³-hybridized carbons (Fsp3) is 0.471. The van der Waals surface area contributed by atoms with Crippen molar-refractivity contribution in [1.82, 2.24) is 9.97 Å². The third-order valence-electron chi connectivity index (χ3n) is 3.82. The largest absolute Gasteiger partial charge is 0.342 e. The molecular formula is C17H25N3. The molecule has 108 valence electrons. The minimum atomic E-state index is 0.185. The van der Waals surface area contributed by atoms with Crippen LogP contribution in [-0.4, -0.2) is 16.5 Å². The summed E-state index contributed by atoms with van der Waals surface area (Å²) in [6.07, 6.45) is 2.91. The summed E-state index contributed by atoms with van der Waals surface area (Å²) in [5.41, 5.74) is 9.53. The van der Waals surface area contributed by atoms with E-state index in [9.17, 15) is 0 Å². The van der Waals surface area contributed by atoms with Crippen LogP contribution in [0.1, 0.15) is 51.4 Å². The summed E-state index contributed by atoms with van der Waals surface area (Å²) in [5, 5.41) is 0. The summed E-state index contributed by atoms with van der Waals surface area (Å²) < 4.78 is 0. The van der Waals surface area contributed by atoms with E-state index in [4.69, 9.17) is 5.73 Å². The van der Waals surface area contributed by atoms with Gasteiger partial charge in [-0.25, -0.2) is 4.98 Å². The highest BCUT2D eigenvalue weighted by Crippen LogP contribution is 2.26. The number of aromatic nitrogens is 2. The normalized spacial score (nSPS) is 13.4. The molecule has 1 heterocycles. The van der Waals surface area contributed by atoms with Crippen LogP contribution in [0.2, 0.25) is 0 Å². The molecule has 0 saturated carbocycles. The molecule has 0 aliphatic heterocycles. The molecule has 0 fully saturated rings. The first-order valence-electron chi connectivity index (χ1n) is 7.31. The maximum atomic E-state index is 5.77. The first-order chi connectivity index (χ1) is 9.45. The molecule has 0 aliphatic carbocycles. The molecule has 2 aromatic rings. The molecule has 1 aromatic heterocycles. The van der Waals surface area contributed by atoms with Crippen molar-refractivity contribution in [2.45, 2.75) is 45.4 Å². The van der Waals surface area contributed by atoms with Crippen LogP contribution in [-0.2, 0) is 5.41 Å². The summed E-state index contributed by atoms with van der Waals surface area (Å²) in [6, 6.07) is 8.69. The van der Waals surface area contributed by atoms with Crippen LogP contribution in [0.4, 0.5) is 0 Å². The molecule has 3 N–H and O–H groups in total. The predicted molar refractivity (Wildman–Crippen MR) is 84.8 cm³/mol. The van der Waals surface area contributed by atoms with E-state index >= 15 is 0 Å². The highest BCUT2D eigenvalue weighted by Gasteiger charge is 2.14. The monoisotopic (exact) mass is 271 g/mol. The fourth-order valence-electron chi connectivity index (χ4n) is 2.31. The lowest BCUT2D eigenvalue weighted by molar-refractivity contribution is 0.590. The standard InChI is InChI=1S/C17H25N3/c1-5-12(10-18)16-19-11-15(20-16)13-6-8-14(9-7-13)17(2,3)4/h6-9,11-12H,5,10,18H2,1-4H3,(H,19,20). The van der Waals surface area contributed by atoms with Gasteiger partial charge in [-0.1, -0.05) is 52.0 Å². The first-order valence-corrected chi connectivity index (χ1v) is 7.31. The number of nitrogens with zero attached hydrogens (tertiary/aromatic N) is 1. The van der Waals surface area contributed by atoms with E-state index in [1.54, 1.807) is 0 Å². The highest BCUT2D eigenvalue weighted by molar-refractivity contribution is 5.59. The molecule has 20 heavy (non-hydrogen) atoms. The van der Waals surface area contributed by atoms with Gasteiger partial charge in [-0.05, 0) is 23.0 Å². The summed E-state index contributed by atoms with van der Waals surface area (Å²) in [4.78, 5) is 7.87. The number of H-pyrrole nitrogens is 1. The van der Waals surface area contributed by atoms with Gasteiger partial charge in [-0.3, -0.25) is 0 Å². The Labute approximate surface area is 121 Å². The van der Waals surface area contributed by atoms with Crippen LogP contribution >= 0.6 is 0 Å². The van der Waals surface area contributed by atoms with Gasteiger partial charge in [0.25, 0.3) is 0 Å². The van der Waals surface area contributed by atoms with E-state index in [1.165, 1.54) is 11.1 Å². The summed E-state index contributed by atoms with van der Waals surface area (Å²) in [7, 11) is 0. The number of imidazole rings is 1. The molecule has 1 atom stereocenters. The molecule has 0 bridgehead atoms. The summed E-state index contributed by atoms with van der Waals surface area (Å²) >= 11 is 0. The molecule has 1 aromatic carbocycles. The van der Waals surface area contributed by atoms with Gasteiger partial charge in [-0.2, -0.15) is 0 Å². The van der Waals surface area contributed by atoms with Crippen LogP contribution in [0, 0.1) is 0 Å². The van der Waals surface area contributed by atoms with Crippen molar-refractivity contribution in [3.8, 4) is 11.3 Å². The van der Waals surface area contributed by atoms with Gasteiger partial charge in [-0.15, -0.1) is 0 Å². The van der Waals surface area contributed by atoms with Crippen molar-refractivity contribution in [3.63, 3.8) is 0 Å². The van der Waals surface area contributed by atoms with E-state index < -0.39 is 0 Å². The van der Waals surface area contributed by atoms with Crippen molar-refractivity contribution in [2.24, 2.45) is 5.73 Å². The third-order valence-corrected chi connectivity index (χ3v) is 3.82. The van der Waals surface area contributed by atoms with Gasteiger partial charge in [0.05, 0.1) is 11.9 Å². The molecule has 2 rings (SSSR count). The van der Waals surface area contributed by atoms with Gasteiger partial charge in [0.2, 0.25) is 0 Å². The topological polar surface area (TPSA) is 54.7 Å². The van der Waals surface area contributed by atoms with E-state index in [-0.39, 0.29) is 5.41 Å². The van der Waals surface area contributed by atoms with Crippen molar-refractivity contribution in [2.75, 3.05) is 6.54 Å². The number of nitrogens with one attached hydrogen (secondary N) is 1. The fourth-order valence-corrected chi connectivity index (χ4v) is 2.31. The highest BCUT2D eigenvalue weighted by atomic mass is 14.9. The number of hydrogen-bond acceptors (Lipinski definition) is 2. The Morgan fingerprint density at radius 1 is 1.20 bits per heavy atom. The lowest BCUT2D eigenvalue weighted by atomic mass is 9.86. The van der Waals surface area contributed by atoms with Crippen LogP contribution in [0.3, 0.4) is 0 Å². The molecular weight excluding hydrogens is 246 g/mol. The van der Waals surface area contributed by atoms with Gasteiger partial charge < -0.3 is 10.7 Å². The van der Waals surface area contributed by atoms with E-state index in [0.717, 1.165) is 17.9 Å². The quantitative estimate of drug-likeness (QED) is 0.888. The van der Waals surface area contributed by atoms with Crippen LogP contribution < -0.4 is 5.73 Å². The maximum absolute atomic E-state index is 5.77. The van der Waals surface area contributed by atoms with Gasteiger partial charge >= 0.3 is 0 Å². The Kier molecular flexibility index (Phi) is 4.29. The van der Waals surface area contributed by atoms with E-state index in [0.29, 0.717) is 12.5 Å². The minimum absolute atomic E-state index is 0.185. The van der Waals surface area contributed by atoms with E-state index in [1.807, 2.05) is 6.20 Å². The lowest BCUT2D eigenvalue weighted by Gasteiger charge is -2.19. The van der Waals surface area contributed by atoms with Crippen molar-refractivity contribution >= 4 is 0 Å². The molecule has 0 radical (unpaired) electrons. The SMILES string of the molecule is CCC(CN)c1ncc(-c2ccc(C(C)(C)C)cc2)[nH]1. The van der Waals surface area contributed by atoms with E-state index in [2.05, 4.69) is 61.9 Å². The Balaban J connectivity index is 2.24. The molecule has 0 spiro atoms. The predicted octanol–water partition coefficient (Wildman–Crippen LogP) is 3.83. The number of nitrogens with two attached hydrogens (primary N) is 1.